The summed E-state index contributed by atoms with van der Waals surface area (Å²) in [6.45, 7) is 2.53. The van der Waals surface area contributed by atoms with Gasteiger partial charge in [-0.3, -0.25) is 9.48 Å². The lowest BCUT2D eigenvalue weighted by molar-refractivity contribution is -0.122. The van der Waals surface area contributed by atoms with E-state index < -0.39 is 0 Å². The first kappa shape index (κ1) is 9.05. The van der Waals surface area contributed by atoms with Crippen molar-refractivity contribution in [3.8, 4) is 0 Å². The first-order valence-electron chi connectivity index (χ1n) is 4.75. The minimum atomic E-state index is 0.123. The van der Waals surface area contributed by atoms with E-state index in [9.17, 15) is 4.79 Å². The Morgan fingerprint density at radius 3 is 3.00 bits per heavy atom. The van der Waals surface area contributed by atoms with E-state index in [-0.39, 0.29) is 11.9 Å². The summed E-state index contributed by atoms with van der Waals surface area (Å²) in [6.07, 6.45) is 3.24. The smallest absolute Gasteiger partial charge is 0.220 e. The maximum atomic E-state index is 10.9. The summed E-state index contributed by atoms with van der Waals surface area (Å²) in [7, 11) is 0. The van der Waals surface area contributed by atoms with Crippen LogP contribution in [0.25, 0.3) is 0 Å². The number of nitrogens with zero attached hydrogens (tertiary/aromatic N) is 2. The molecular weight excluding hydrogens is 180 g/mol. The lowest BCUT2D eigenvalue weighted by Crippen LogP contribution is -2.36. The second kappa shape index (κ2) is 3.32. The van der Waals surface area contributed by atoms with E-state index in [0.717, 1.165) is 12.1 Å². The number of amides is 1. The molecule has 1 unspecified atom stereocenters. The molecule has 0 saturated carbocycles. The largest absolute Gasteiger partial charge is 0.396 e. The fraction of sp³-hybridized carbons (Fsp3) is 0.556. The molecule has 14 heavy (non-hydrogen) atoms. The van der Waals surface area contributed by atoms with Crippen molar-refractivity contribution in [2.75, 3.05) is 12.3 Å². The number of hydrogen-bond acceptors (Lipinski definition) is 3. The zero-order chi connectivity index (χ0) is 10.1. The van der Waals surface area contributed by atoms with Crippen molar-refractivity contribution in [2.45, 2.75) is 25.8 Å². The lowest BCUT2D eigenvalue weighted by atomic mass is 10.1. The van der Waals surface area contributed by atoms with E-state index in [0.29, 0.717) is 18.7 Å². The second-order valence-electron chi connectivity index (χ2n) is 3.65. The normalized spacial score (nSPS) is 22.1. The van der Waals surface area contributed by atoms with Crippen molar-refractivity contribution in [2.24, 2.45) is 0 Å². The molecule has 1 saturated heterocycles. The van der Waals surface area contributed by atoms with Crippen LogP contribution in [0.5, 0.6) is 0 Å². The van der Waals surface area contributed by atoms with Gasteiger partial charge in [-0.2, -0.15) is 5.10 Å². The number of nitrogens with one attached hydrogen (secondary N) is 1. The third kappa shape index (κ3) is 1.57. The van der Waals surface area contributed by atoms with Gasteiger partial charge in [-0.1, -0.05) is 0 Å². The first-order valence-corrected chi connectivity index (χ1v) is 4.75. The average Bonchev–Trinajstić information content (AvgIpc) is 2.48. The van der Waals surface area contributed by atoms with Crippen molar-refractivity contribution in [1.29, 1.82) is 0 Å². The summed E-state index contributed by atoms with van der Waals surface area (Å²) in [4.78, 5) is 10.9. The number of aromatic nitrogens is 2. The molecule has 1 amide bonds. The summed E-state index contributed by atoms with van der Waals surface area (Å²) in [5, 5.41) is 7.12. The standard InChI is InChI=1S/C9H14N4O/c1-6-8(10)5-13(12-6)7-2-3-9(14)11-4-7/h5,7H,2-4,10H2,1H3,(H,11,14). The Morgan fingerprint density at radius 2 is 2.50 bits per heavy atom. The van der Waals surface area contributed by atoms with Gasteiger partial charge in [0, 0.05) is 19.2 Å². The van der Waals surface area contributed by atoms with Crippen LogP contribution in [0, 0.1) is 6.92 Å². The molecule has 0 aliphatic carbocycles. The summed E-state index contributed by atoms with van der Waals surface area (Å²) in [5.41, 5.74) is 7.26. The van der Waals surface area contributed by atoms with Gasteiger partial charge in [-0.15, -0.1) is 0 Å². The highest BCUT2D eigenvalue weighted by atomic mass is 16.1. The molecular formula is C9H14N4O. The van der Waals surface area contributed by atoms with Crippen LogP contribution < -0.4 is 11.1 Å². The van der Waals surface area contributed by atoms with Crippen LogP contribution in [0.15, 0.2) is 6.20 Å². The predicted octanol–water partition coefficient (Wildman–Crippen LogP) is 0.225. The lowest BCUT2D eigenvalue weighted by Gasteiger charge is -2.22. The number of hydrogen-bond donors (Lipinski definition) is 2. The molecule has 2 rings (SSSR count). The molecule has 0 radical (unpaired) electrons. The Hall–Kier alpha value is -1.52. The Bertz CT molecular complexity index is 328. The number of piperidine rings is 1. The zero-order valence-corrected chi connectivity index (χ0v) is 8.16. The van der Waals surface area contributed by atoms with Gasteiger partial charge in [0.1, 0.15) is 0 Å². The van der Waals surface area contributed by atoms with Gasteiger partial charge in [0.25, 0.3) is 0 Å². The fourth-order valence-electron chi connectivity index (χ4n) is 1.63. The van der Waals surface area contributed by atoms with E-state index in [2.05, 4.69) is 10.4 Å². The molecule has 1 aliphatic rings. The fourth-order valence-corrected chi connectivity index (χ4v) is 1.63. The number of carbonyl (C=O) groups is 1. The number of anilines is 1. The molecule has 1 aromatic rings. The van der Waals surface area contributed by atoms with Crippen molar-refractivity contribution in [1.82, 2.24) is 15.1 Å². The highest BCUT2D eigenvalue weighted by molar-refractivity contribution is 5.76. The molecule has 0 spiro atoms. The van der Waals surface area contributed by atoms with E-state index in [1.165, 1.54) is 0 Å². The topological polar surface area (TPSA) is 72.9 Å². The maximum Gasteiger partial charge on any atom is 0.220 e. The highest BCUT2D eigenvalue weighted by Crippen LogP contribution is 2.18. The third-order valence-electron chi connectivity index (χ3n) is 2.57. The molecule has 3 N–H and O–H groups in total. The van der Waals surface area contributed by atoms with Gasteiger partial charge >= 0.3 is 0 Å². The quantitative estimate of drug-likeness (QED) is 0.672. The summed E-state index contributed by atoms with van der Waals surface area (Å²) >= 11 is 0. The summed E-state index contributed by atoms with van der Waals surface area (Å²) < 4.78 is 1.85. The predicted molar refractivity (Wildman–Crippen MR) is 52.7 cm³/mol. The molecule has 0 bridgehead atoms. The average molecular weight is 194 g/mol. The Kier molecular flexibility index (Phi) is 2.15. The van der Waals surface area contributed by atoms with E-state index in [1.54, 1.807) is 0 Å². The van der Waals surface area contributed by atoms with Crippen LogP contribution in [0.1, 0.15) is 24.6 Å². The molecule has 76 valence electrons. The summed E-state index contributed by atoms with van der Waals surface area (Å²) in [5.74, 6) is 0.123. The van der Waals surface area contributed by atoms with Gasteiger partial charge in [0.15, 0.2) is 0 Å². The van der Waals surface area contributed by atoms with Crippen LogP contribution in [-0.4, -0.2) is 22.2 Å². The molecule has 0 aromatic carbocycles. The van der Waals surface area contributed by atoms with Gasteiger partial charge in [0.2, 0.25) is 5.91 Å². The van der Waals surface area contributed by atoms with Crippen molar-refractivity contribution in [3.05, 3.63) is 11.9 Å². The Morgan fingerprint density at radius 1 is 1.71 bits per heavy atom. The molecule has 5 nitrogen and oxygen atoms in total. The van der Waals surface area contributed by atoms with Crippen LogP contribution in [0.2, 0.25) is 0 Å². The van der Waals surface area contributed by atoms with Crippen LogP contribution >= 0.6 is 0 Å². The van der Waals surface area contributed by atoms with Crippen LogP contribution in [0.3, 0.4) is 0 Å². The number of rotatable bonds is 1. The highest BCUT2D eigenvalue weighted by Gasteiger charge is 2.20. The van der Waals surface area contributed by atoms with Gasteiger partial charge in [-0.25, -0.2) is 0 Å². The van der Waals surface area contributed by atoms with Gasteiger partial charge < -0.3 is 11.1 Å². The van der Waals surface area contributed by atoms with E-state index in [4.69, 9.17) is 5.73 Å². The van der Waals surface area contributed by atoms with Crippen LogP contribution in [-0.2, 0) is 4.79 Å². The van der Waals surface area contributed by atoms with Crippen molar-refractivity contribution in [3.63, 3.8) is 0 Å². The molecule has 1 atom stereocenters. The molecule has 2 heterocycles. The van der Waals surface area contributed by atoms with E-state index in [1.807, 2.05) is 17.8 Å². The van der Waals surface area contributed by atoms with Gasteiger partial charge in [0.05, 0.1) is 17.4 Å². The monoisotopic (exact) mass is 194 g/mol. The third-order valence-corrected chi connectivity index (χ3v) is 2.57. The molecule has 1 fully saturated rings. The van der Waals surface area contributed by atoms with E-state index >= 15 is 0 Å². The maximum absolute atomic E-state index is 10.9. The van der Waals surface area contributed by atoms with Gasteiger partial charge in [-0.05, 0) is 13.3 Å². The Labute approximate surface area is 82.3 Å². The SMILES string of the molecule is Cc1nn(C2CCC(=O)NC2)cc1N. The van der Waals surface area contributed by atoms with Crippen molar-refractivity contribution >= 4 is 11.6 Å². The molecule has 5 heteroatoms. The number of carbonyl (C=O) groups excluding carboxylic acids is 1. The van der Waals surface area contributed by atoms with Crippen molar-refractivity contribution < 1.29 is 4.79 Å². The number of nitrogens with two attached hydrogens (primary N) is 1. The zero-order valence-electron chi connectivity index (χ0n) is 8.16. The Balaban J connectivity index is 2.12. The minimum Gasteiger partial charge on any atom is -0.396 e. The summed E-state index contributed by atoms with van der Waals surface area (Å²) in [6, 6.07) is 0.253. The van der Waals surface area contributed by atoms with Crippen LogP contribution in [0.4, 0.5) is 5.69 Å². The number of nitrogen functional groups attached to an aromatic ring is 1. The molecule has 1 aromatic heterocycles. The number of aryl methyl sites for hydroxylation is 1. The first-order chi connectivity index (χ1) is 6.66. The molecule has 1 aliphatic heterocycles. The minimum absolute atomic E-state index is 0.123. The second-order valence-corrected chi connectivity index (χ2v) is 3.65.